The van der Waals surface area contributed by atoms with Crippen LogP contribution >= 0.6 is 7.60 Å². The highest BCUT2D eigenvalue weighted by Gasteiger charge is 2.18. The van der Waals surface area contributed by atoms with Crippen molar-refractivity contribution in [3.05, 3.63) is 48.0 Å². The molecule has 0 fully saturated rings. The Bertz CT molecular complexity index is 387. The van der Waals surface area contributed by atoms with Gasteiger partial charge in [-0.15, -0.1) is 0 Å². The smallest absolute Gasteiger partial charge is 0.324 e. The van der Waals surface area contributed by atoms with E-state index < -0.39 is 7.60 Å². The molecule has 0 aliphatic rings. The molecule has 4 heteroatoms. The fourth-order valence-corrected chi connectivity index (χ4v) is 2.45. The van der Waals surface area contributed by atoms with E-state index in [1.165, 1.54) is 0 Å². The molecule has 1 aromatic rings. The van der Waals surface area contributed by atoms with Gasteiger partial charge in [0.05, 0.1) is 12.8 Å². The fourth-order valence-electron chi connectivity index (χ4n) is 1.37. The Labute approximate surface area is 103 Å². The van der Waals surface area contributed by atoms with Gasteiger partial charge in [-0.25, -0.2) is 0 Å². The monoisotopic (exact) mass is 254 g/mol. The van der Waals surface area contributed by atoms with E-state index in [0.29, 0.717) is 0 Å². The molecule has 0 saturated carbocycles. The zero-order chi connectivity index (χ0) is 12.6. The van der Waals surface area contributed by atoms with Gasteiger partial charge in [0, 0.05) is 0 Å². The van der Waals surface area contributed by atoms with Crippen LogP contribution in [0.1, 0.15) is 25.3 Å². The highest BCUT2D eigenvalue weighted by molar-refractivity contribution is 7.51. The van der Waals surface area contributed by atoms with Crippen molar-refractivity contribution in [3.8, 4) is 0 Å². The van der Waals surface area contributed by atoms with Crippen LogP contribution in [0.3, 0.4) is 0 Å². The van der Waals surface area contributed by atoms with E-state index in [-0.39, 0.29) is 12.8 Å². The first-order valence-electron chi connectivity index (χ1n) is 5.79. The quantitative estimate of drug-likeness (QED) is 0.595. The minimum atomic E-state index is -3.51. The SMILES string of the molecule is CCCC=CCOP(=O)(O)Cc1ccccc1. The van der Waals surface area contributed by atoms with Crippen molar-refractivity contribution in [3.63, 3.8) is 0 Å². The summed E-state index contributed by atoms with van der Waals surface area (Å²) in [6.07, 6.45) is 5.85. The van der Waals surface area contributed by atoms with Gasteiger partial charge in [-0.2, -0.15) is 0 Å². The summed E-state index contributed by atoms with van der Waals surface area (Å²) in [6, 6.07) is 9.20. The molecule has 17 heavy (non-hydrogen) atoms. The molecule has 1 unspecified atom stereocenters. The molecule has 0 radical (unpaired) electrons. The van der Waals surface area contributed by atoms with Crippen molar-refractivity contribution in [1.82, 2.24) is 0 Å². The molecule has 1 N–H and O–H groups in total. The second-order valence-corrected chi connectivity index (χ2v) is 5.69. The predicted octanol–water partition coefficient (Wildman–Crippen LogP) is 3.74. The van der Waals surface area contributed by atoms with E-state index in [9.17, 15) is 9.46 Å². The molecule has 0 saturated heterocycles. The summed E-state index contributed by atoms with van der Waals surface area (Å²) in [5.74, 6) is 0. The largest absolute Gasteiger partial charge is 0.332 e. The molecule has 0 heterocycles. The Morgan fingerprint density at radius 2 is 2.00 bits per heavy atom. The zero-order valence-electron chi connectivity index (χ0n) is 10.1. The summed E-state index contributed by atoms with van der Waals surface area (Å²) >= 11 is 0. The molecule has 1 atom stereocenters. The van der Waals surface area contributed by atoms with E-state index >= 15 is 0 Å². The molecule has 3 nitrogen and oxygen atoms in total. The number of hydrogen-bond acceptors (Lipinski definition) is 2. The van der Waals surface area contributed by atoms with Gasteiger partial charge in [-0.3, -0.25) is 4.57 Å². The Morgan fingerprint density at radius 3 is 2.65 bits per heavy atom. The lowest BCUT2D eigenvalue weighted by molar-refractivity contribution is 0.286. The third-order valence-electron chi connectivity index (χ3n) is 2.22. The van der Waals surface area contributed by atoms with Gasteiger partial charge in [-0.1, -0.05) is 55.8 Å². The number of unbranched alkanes of at least 4 members (excludes halogenated alkanes) is 1. The predicted molar refractivity (Wildman–Crippen MR) is 70.0 cm³/mol. The van der Waals surface area contributed by atoms with Gasteiger partial charge in [-0.05, 0) is 12.0 Å². The van der Waals surface area contributed by atoms with Crippen molar-refractivity contribution in [2.75, 3.05) is 6.61 Å². The van der Waals surface area contributed by atoms with Crippen LogP contribution in [-0.2, 0) is 15.3 Å². The number of allylic oxidation sites excluding steroid dienone is 1. The van der Waals surface area contributed by atoms with Gasteiger partial charge >= 0.3 is 7.60 Å². The minimum absolute atomic E-state index is 0.0649. The number of benzene rings is 1. The van der Waals surface area contributed by atoms with E-state index in [1.54, 1.807) is 6.08 Å². The van der Waals surface area contributed by atoms with E-state index in [0.717, 1.165) is 18.4 Å². The molecule has 0 aliphatic carbocycles. The van der Waals surface area contributed by atoms with Gasteiger partial charge < -0.3 is 9.42 Å². The van der Waals surface area contributed by atoms with Gasteiger partial charge in [0.2, 0.25) is 0 Å². The lowest BCUT2D eigenvalue weighted by Gasteiger charge is -2.10. The Morgan fingerprint density at radius 1 is 1.29 bits per heavy atom. The standard InChI is InChI=1S/C13H19O3P/c1-2-3-4-8-11-16-17(14,15)12-13-9-6-5-7-10-13/h4-10H,2-3,11-12H2,1H3,(H,14,15). The van der Waals surface area contributed by atoms with Crippen LogP contribution in [0.4, 0.5) is 0 Å². The molecular weight excluding hydrogens is 235 g/mol. The summed E-state index contributed by atoms with van der Waals surface area (Å²) in [7, 11) is -3.51. The van der Waals surface area contributed by atoms with Gasteiger partial charge in [0.1, 0.15) is 0 Å². The van der Waals surface area contributed by atoms with Crippen molar-refractivity contribution < 1.29 is 14.0 Å². The third-order valence-corrected chi connectivity index (χ3v) is 3.54. The number of rotatable bonds is 7. The lowest BCUT2D eigenvalue weighted by atomic mass is 10.2. The maximum atomic E-state index is 11.7. The molecule has 0 spiro atoms. The highest BCUT2D eigenvalue weighted by atomic mass is 31.2. The lowest BCUT2D eigenvalue weighted by Crippen LogP contribution is -1.93. The second-order valence-electron chi connectivity index (χ2n) is 3.84. The minimum Gasteiger partial charge on any atom is -0.324 e. The third kappa shape index (κ3) is 6.42. The van der Waals surface area contributed by atoms with E-state index in [2.05, 4.69) is 6.92 Å². The Kier molecular flexibility index (Phi) is 6.20. The first-order valence-corrected chi connectivity index (χ1v) is 7.55. The van der Waals surface area contributed by atoms with Crippen molar-refractivity contribution in [2.24, 2.45) is 0 Å². The van der Waals surface area contributed by atoms with Crippen LogP contribution in [0.2, 0.25) is 0 Å². The van der Waals surface area contributed by atoms with Crippen molar-refractivity contribution in [1.29, 1.82) is 0 Å². The fraction of sp³-hybridized carbons (Fsp3) is 0.385. The summed E-state index contributed by atoms with van der Waals surface area (Å²) in [6.45, 7) is 2.28. The maximum Gasteiger partial charge on any atom is 0.332 e. The van der Waals surface area contributed by atoms with Crippen LogP contribution in [0.15, 0.2) is 42.5 Å². The van der Waals surface area contributed by atoms with Gasteiger partial charge in [0.25, 0.3) is 0 Å². The summed E-state index contributed by atoms with van der Waals surface area (Å²) in [4.78, 5) is 9.62. The Balaban J connectivity index is 2.39. The van der Waals surface area contributed by atoms with Crippen LogP contribution < -0.4 is 0 Å². The molecule has 1 aromatic carbocycles. The summed E-state index contributed by atoms with van der Waals surface area (Å²) < 4.78 is 16.7. The average molecular weight is 254 g/mol. The number of hydrogen-bond donors (Lipinski definition) is 1. The van der Waals surface area contributed by atoms with E-state index in [1.807, 2.05) is 36.4 Å². The van der Waals surface area contributed by atoms with Crippen LogP contribution in [0.25, 0.3) is 0 Å². The second kappa shape index (κ2) is 7.44. The molecule has 1 rings (SSSR count). The molecule has 0 aromatic heterocycles. The molecular formula is C13H19O3P. The summed E-state index contributed by atoms with van der Waals surface area (Å²) in [5, 5.41) is 0. The van der Waals surface area contributed by atoms with Crippen molar-refractivity contribution in [2.45, 2.75) is 25.9 Å². The highest BCUT2D eigenvalue weighted by Crippen LogP contribution is 2.45. The topological polar surface area (TPSA) is 46.5 Å². The zero-order valence-corrected chi connectivity index (χ0v) is 11.0. The first-order chi connectivity index (χ1) is 8.14. The maximum absolute atomic E-state index is 11.7. The molecule has 94 valence electrons. The van der Waals surface area contributed by atoms with Crippen LogP contribution in [0, 0.1) is 0 Å². The summed E-state index contributed by atoms with van der Waals surface area (Å²) in [5.41, 5.74) is 0.816. The average Bonchev–Trinajstić information content (AvgIpc) is 2.29. The Hall–Kier alpha value is -0.890. The van der Waals surface area contributed by atoms with E-state index in [4.69, 9.17) is 4.52 Å². The van der Waals surface area contributed by atoms with Crippen molar-refractivity contribution >= 4 is 7.60 Å². The van der Waals surface area contributed by atoms with Crippen LogP contribution in [0.5, 0.6) is 0 Å². The molecule has 0 amide bonds. The first kappa shape index (κ1) is 14.2. The van der Waals surface area contributed by atoms with Crippen LogP contribution in [-0.4, -0.2) is 11.5 Å². The molecule has 0 aliphatic heterocycles. The normalized spacial score (nSPS) is 14.9. The van der Waals surface area contributed by atoms with Gasteiger partial charge in [0.15, 0.2) is 0 Å². The molecule has 0 bridgehead atoms.